The molecule has 4 saturated carbocycles. The fourth-order valence-corrected chi connectivity index (χ4v) is 7.03. The predicted molar refractivity (Wildman–Crippen MR) is 102 cm³/mol. The predicted octanol–water partition coefficient (Wildman–Crippen LogP) is 3.87. The van der Waals surface area contributed by atoms with Gasteiger partial charge in [0.15, 0.2) is 0 Å². The van der Waals surface area contributed by atoms with E-state index in [9.17, 15) is 4.79 Å². The van der Waals surface area contributed by atoms with Gasteiger partial charge in [0, 0.05) is 32.0 Å². The number of ether oxygens (including phenoxy) is 1. The number of carbonyl (C=O) groups excluding carboxylic acids is 1. The molecule has 0 spiro atoms. The molecule has 0 unspecified atom stereocenters. The van der Waals surface area contributed by atoms with Gasteiger partial charge in [0.1, 0.15) is 0 Å². The van der Waals surface area contributed by atoms with Crippen molar-refractivity contribution in [1.29, 1.82) is 0 Å². The van der Waals surface area contributed by atoms with E-state index in [0.29, 0.717) is 24.2 Å². The number of carbonyl (C=O) groups is 1. The highest BCUT2D eigenvalue weighted by Crippen LogP contribution is 2.65. The van der Waals surface area contributed by atoms with Crippen molar-refractivity contribution in [2.24, 2.45) is 29.6 Å². The first-order valence-corrected chi connectivity index (χ1v) is 10.5. The van der Waals surface area contributed by atoms with Crippen molar-refractivity contribution < 1.29 is 9.53 Å². The average molecular weight is 354 g/mol. The molecule has 0 N–H and O–H groups in total. The molecule has 1 saturated heterocycles. The van der Waals surface area contributed by atoms with Crippen LogP contribution in [-0.2, 0) is 14.9 Å². The molecule has 4 aliphatic carbocycles. The van der Waals surface area contributed by atoms with E-state index in [-0.39, 0.29) is 11.5 Å². The van der Waals surface area contributed by atoms with E-state index in [4.69, 9.17) is 4.74 Å². The summed E-state index contributed by atoms with van der Waals surface area (Å²) < 4.78 is 5.38. The molecule has 5 aliphatic rings. The lowest BCUT2D eigenvalue weighted by Crippen LogP contribution is -2.61. The maximum atomic E-state index is 13.2. The average Bonchev–Trinajstić information content (AvgIpc) is 2.60. The lowest BCUT2D eigenvalue weighted by Gasteiger charge is -2.64. The third kappa shape index (κ3) is 2.32. The van der Waals surface area contributed by atoms with Gasteiger partial charge >= 0.3 is 0 Å². The third-order valence-electron chi connectivity index (χ3n) is 8.58. The number of hydrogen-bond acceptors (Lipinski definition) is 2. The topological polar surface area (TPSA) is 29.5 Å². The largest absolute Gasteiger partial charge is 0.378 e. The Balaban J connectivity index is 1.47. The second-order valence-corrected chi connectivity index (χ2v) is 9.46. The number of nitrogens with zero attached hydrogens (tertiary/aromatic N) is 1. The van der Waals surface area contributed by atoms with Crippen LogP contribution in [0.15, 0.2) is 30.3 Å². The highest BCUT2D eigenvalue weighted by atomic mass is 16.5. The van der Waals surface area contributed by atoms with Crippen molar-refractivity contribution in [2.45, 2.75) is 50.5 Å². The Labute approximate surface area is 157 Å². The van der Waals surface area contributed by atoms with Crippen LogP contribution < -0.4 is 0 Å². The van der Waals surface area contributed by atoms with Gasteiger partial charge in [0.25, 0.3) is 0 Å². The molecule has 1 aromatic carbocycles. The van der Waals surface area contributed by atoms with Crippen LogP contribution in [0.2, 0.25) is 0 Å². The molecular formula is C23H31NO2. The molecule has 1 heterocycles. The van der Waals surface area contributed by atoms with Crippen LogP contribution in [0.1, 0.15) is 44.6 Å². The summed E-state index contributed by atoms with van der Waals surface area (Å²) in [5.41, 5.74) is 1.50. The summed E-state index contributed by atoms with van der Waals surface area (Å²) in [6.07, 6.45) is 6.27. The fraction of sp³-hybridized carbons (Fsp3) is 0.696. The van der Waals surface area contributed by atoms with Gasteiger partial charge in [-0.3, -0.25) is 4.79 Å². The number of likely N-dealkylation sites (tertiary alicyclic amines) is 1. The van der Waals surface area contributed by atoms with Gasteiger partial charge in [0.05, 0.1) is 6.10 Å². The van der Waals surface area contributed by atoms with Crippen LogP contribution >= 0.6 is 0 Å². The van der Waals surface area contributed by atoms with Crippen molar-refractivity contribution in [2.75, 3.05) is 20.2 Å². The molecule has 6 rings (SSSR count). The van der Waals surface area contributed by atoms with E-state index in [1.54, 1.807) is 7.11 Å². The highest BCUT2D eigenvalue weighted by Gasteiger charge is 2.60. The highest BCUT2D eigenvalue weighted by molar-refractivity contribution is 5.79. The summed E-state index contributed by atoms with van der Waals surface area (Å²) in [7, 11) is 1.75. The Morgan fingerprint density at radius 1 is 1.08 bits per heavy atom. The summed E-state index contributed by atoms with van der Waals surface area (Å²) in [5, 5.41) is 0. The molecule has 1 aliphatic heterocycles. The van der Waals surface area contributed by atoms with Crippen molar-refractivity contribution in [3.63, 3.8) is 0 Å². The molecule has 4 bridgehead atoms. The Morgan fingerprint density at radius 2 is 1.65 bits per heavy atom. The molecule has 0 aromatic heterocycles. The van der Waals surface area contributed by atoms with Crippen LogP contribution in [0, 0.1) is 29.6 Å². The van der Waals surface area contributed by atoms with E-state index in [1.165, 1.54) is 31.2 Å². The fourth-order valence-electron chi connectivity index (χ4n) is 7.03. The first-order valence-electron chi connectivity index (χ1n) is 10.5. The minimum absolute atomic E-state index is 0.0731. The van der Waals surface area contributed by atoms with Gasteiger partial charge in [-0.25, -0.2) is 0 Å². The van der Waals surface area contributed by atoms with Gasteiger partial charge < -0.3 is 9.64 Å². The Kier molecular flexibility index (Phi) is 3.93. The van der Waals surface area contributed by atoms with E-state index in [1.807, 2.05) is 4.90 Å². The molecule has 1 amide bonds. The van der Waals surface area contributed by atoms with Crippen molar-refractivity contribution >= 4 is 5.91 Å². The maximum absolute atomic E-state index is 13.2. The zero-order valence-corrected chi connectivity index (χ0v) is 16.1. The number of benzene rings is 1. The van der Waals surface area contributed by atoms with Crippen LogP contribution in [0.3, 0.4) is 0 Å². The zero-order valence-electron chi connectivity index (χ0n) is 16.1. The van der Waals surface area contributed by atoms with E-state index >= 15 is 0 Å². The van der Waals surface area contributed by atoms with Gasteiger partial charge in [-0.2, -0.15) is 0 Å². The third-order valence-corrected chi connectivity index (χ3v) is 8.58. The first kappa shape index (κ1) is 16.8. The van der Waals surface area contributed by atoms with Gasteiger partial charge in [0.2, 0.25) is 5.91 Å². The Hall–Kier alpha value is -1.35. The Morgan fingerprint density at radius 3 is 2.19 bits per heavy atom. The molecule has 1 aromatic rings. The smallest absolute Gasteiger partial charge is 0.223 e. The molecule has 140 valence electrons. The quantitative estimate of drug-likeness (QED) is 0.822. The van der Waals surface area contributed by atoms with Crippen molar-refractivity contribution in [3.8, 4) is 0 Å². The molecule has 0 radical (unpaired) electrons. The van der Waals surface area contributed by atoms with Crippen LogP contribution in [0.4, 0.5) is 0 Å². The Bertz CT molecular complexity index is 649. The molecule has 3 nitrogen and oxygen atoms in total. The summed E-state index contributed by atoms with van der Waals surface area (Å²) in [4.78, 5) is 15.2. The second kappa shape index (κ2) is 6.09. The van der Waals surface area contributed by atoms with E-state index < -0.39 is 0 Å². The number of hydrogen-bond donors (Lipinski definition) is 0. The molecular weight excluding hydrogens is 322 g/mol. The zero-order chi connectivity index (χ0) is 17.9. The van der Waals surface area contributed by atoms with Crippen LogP contribution in [0.25, 0.3) is 0 Å². The van der Waals surface area contributed by atoms with Gasteiger partial charge in [-0.15, -0.1) is 0 Å². The van der Waals surface area contributed by atoms with Gasteiger partial charge in [-0.1, -0.05) is 37.3 Å². The summed E-state index contributed by atoms with van der Waals surface area (Å²) >= 11 is 0. The van der Waals surface area contributed by atoms with Crippen LogP contribution in [0.5, 0.6) is 0 Å². The van der Waals surface area contributed by atoms with Crippen molar-refractivity contribution in [3.05, 3.63) is 35.9 Å². The summed E-state index contributed by atoms with van der Waals surface area (Å²) in [6.45, 7) is 4.03. The lowest BCUT2D eigenvalue weighted by molar-refractivity contribution is -0.152. The number of methoxy groups -OCH3 is 1. The normalized spacial score (nSPS) is 41.3. The molecule has 26 heavy (non-hydrogen) atoms. The van der Waals surface area contributed by atoms with Gasteiger partial charge in [-0.05, 0) is 60.8 Å². The standard InChI is InChI=1S/C23H31NO2/c1-15-16-8-19-10-17(15)11-20(9-16)23(19,18-6-4-3-5-7-18)12-22(25)24-13-21(14-24)26-2/h3-7,15-17,19-21H,8-14H2,1-2H3. The monoisotopic (exact) mass is 353 g/mol. The maximum Gasteiger partial charge on any atom is 0.223 e. The molecule has 0 atom stereocenters. The van der Waals surface area contributed by atoms with E-state index in [2.05, 4.69) is 37.3 Å². The second-order valence-electron chi connectivity index (χ2n) is 9.46. The first-order chi connectivity index (χ1) is 12.6. The lowest BCUT2D eigenvalue weighted by atomic mass is 9.41. The van der Waals surface area contributed by atoms with Crippen molar-refractivity contribution in [1.82, 2.24) is 4.90 Å². The number of amides is 1. The SMILES string of the molecule is COC1CN(C(=O)CC2(c3ccccc3)C3CC4CC2CC(C3)C4C)C1. The minimum atomic E-state index is 0.0731. The van der Waals surface area contributed by atoms with Crippen LogP contribution in [-0.4, -0.2) is 37.1 Å². The summed E-state index contributed by atoms with van der Waals surface area (Å²) in [6, 6.07) is 11.0. The minimum Gasteiger partial charge on any atom is -0.378 e. The molecule has 5 fully saturated rings. The molecule has 3 heteroatoms. The summed E-state index contributed by atoms with van der Waals surface area (Å²) in [5.74, 6) is 4.41. The van der Waals surface area contributed by atoms with E-state index in [0.717, 1.165) is 30.8 Å². The number of rotatable bonds is 4.